The fraction of sp³-hybridized carbons (Fsp3) is 0.0909. The van der Waals surface area contributed by atoms with Gasteiger partial charge in [-0.2, -0.15) is 0 Å². The number of para-hydroxylation sites is 1. The molecule has 126 valence electrons. The molecule has 0 amide bonds. The largest absolute Gasteiger partial charge is 0.496 e. The van der Waals surface area contributed by atoms with Gasteiger partial charge in [-0.15, -0.1) is 0 Å². The van der Waals surface area contributed by atoms with Crippen LogP contribution in [-0.4, -0.2) is 22.0 Å². The molecule has 0 bridgehead atoms. The van der Waals surface area contributed by atoms with Crippen molar-refractivity contribution in [3.63, 3.8) is 0 Å². The van der Waals surface area contributed by atoms with Gasteiger partial charge in [-0.1, -0.05) is 67.2 Å². The lowest BCUT2D eigenvalue weighted by atomic mass is 9.96. The van der Waals surface area contributed by atoms with E-state index in [0.29, 0.717) is 11.5 Å². The molecule has 0 saturated heterocycles. The second-order valence-electron chi connectivity index (χ2n) is 5.96. The summed E-state index contributed by atoms with van der Waals surface area (Å²) in [6.45, 7) is 0.521. The highest BCUT2D eigenvalue weighted by molar-refractivity contribution is 7.80. The third-order valence-corrected chi connectivity index (χ3v) is 4.91. The molecule has 0 N–H and O–H groups in total. The number of methoxy groups -OCH3 is 1. The standard InChI is InChI=1S/C22H16N2OS/c1-3-24-14-19-21(22(24)26)17(16-11-7-8-12-20(16)25-2)13-18(23-19)15-9-5-4-6-10-15/h1,4-13H,14H2,2H3. The van der Waals surface area contributed by atoms with Crippen LogP contribution in [0.4, 0.5) is 0 Å². The van der Waals surface area contributed by atoms with E-state index in [1.54, 1.807) is 12.0 Å². The monoisotopic (exact) mass is 356 g/mol. The van der Waals surface area contributed by atoms with Gasteiger partial charge in [0.2, 0.25) is 0 Å². The summed E-state index contributed by atoms with van der Waals surface area (Å²) in [6, 6.07) is 22.7. The Morgan fingerprint density at radius 2 is 1.81 bits per heavy atom. The van der Waals surface area contributed by atoms with Crippen LogP contribution in [0.5, 0.6) is 5.75 Å². The Morgan fingerprint density at radius 1 is 1.08 bits per heavy atom. The van der Waals surface area contributed by atoms with E-state index in [-0.39, 0.29) is 0 Å². The van der Waals surface area contributed by atoms with E-state index in [4.69, 9.17) is 28.4 Å². The third-order valence-electron chi connectivity index (χ3n) is 4.48. The number of terminal acetylenes is 1. The minimum Gasteiger partial charge on any atom is -0.496 e. The van der Waals surface area contributed by atoms with Crippen molar-refractivity contribution in [2.45, 2.75) is 6.54 Å². The lowest BCUT2D eigenvalue weighted by molar-refractivity contribution is 0.416. The summed E-state index contributed by atoms with van der Waals surface area (Å²) >= 11 is 5.62. The van der Waals surface area contributed by atoms with Crippen LogP contribution in [0.15, 0.2) is 60.7 Å². The SMILES string of the molecule is C#CN1Cc2nc(-c3ccccc3)cc(-c3ccccc3OC)c2C1=S. The summed E-state index contributed by atoms with van der Waals surface area (Å²) in [5, 5.41) is 0. The zero-order chi connectivity index (χ0) is 18.1. The summed E-state index contributed by atoms with van der Waals surface area (Å²) in [5.41, 5.74) is 5.74. The molecular formula is C22H16N2OS. The van der Waals surface area contributed by atoms with Gasteiger partial charge in [0.05, 0.1) is 25.0 Å². The Labute approximate surface area is 158 Å². The molecule has 0 fully saturated rings. The second kappa shape index (κ2) is 6.62. The van der Waals surface area contributed by atoms with Crippen molar-refractivity contribution >= 4 is 17.2 Å². The van der Waals surface area contributed by atoms with Gasteiger partial charge >= 0.3 is 0 Å². The average molecular weight is 356 g/mol. The summed E-state index contributed by atoms with van der Waals surface area (Å²) in [5.74, 6) is 0.793. The van der Waals surface area contributed by atoms with Crippen molar-refractivity contribution < 1.29 is 4.74 Å². The molecule has 0 radical (unpaired) electrons. The van der Waals surface area contributed by atoms with E-state index >= 15 is 0 Å². The maximum Gasteiger partial charge on any atom is 0.126 e. The number of nitrogens with zero attached hydrogens (tertiary/aromatic N) is 2. The lowest BCUT2D eigenvalue weighted by Crippen LogP contribution is -2.16. The molecule has 0 spiro atoms. The van der Waals surface area contributed by atoms with E-state index in [1.165, 1.54) is 0 Å². The Morgan fingerprint density at radius 3 is 2.54 bits per heavy atom. The zero-order valence-electron chi connectivity index (χ0n) is 14.3. The number of aromatic nitrogens is 1. The minimum atomic E-state index is 0.521. The van der Waals surface area contributed by atoms with Crippen molar-refractivity contribution in [1.29, 1.82) is 0 Å². The quantitative estimate of drug-likeness (QED) is 0.509. The van der Waals surface area contributed by atoms with Gasteiger partial charge in [0.15, 0.2) is 0 Å². The molecule has 1 aliphatic heterocycles. The molecule has 0 aliphatic carbocycles. The predicted molar refractivity (Wildman–Crippen MR) is 108 cm³/mol. The van der Waals surface area contributed by atoms with Gasteiger partial charge in [-0.3, -0.25) is 9.88 Å². The van der Waals surface area contributed by atoms with Crippen molar-refractivity contribution in [3.05, 3.63) is 71.9 Å². The predicted octanol–water partition coefficient (Wildman–Crippen LogP) is 4.51. The topological polar surface area (TPSA) is 25.4 Å². The number of fused-ring (bicyclic) bond motifs is 1. The van der Waals surface area contributed by atoms with E-state index in [2.05, 4.69) is 12.1 Å². The van der Waals surface area contributed by atoms with Crippen LogP contribution in [0.3, 0.4) is 0 Å². The van der Waals surface area contributed by atoms with E-state index in [0.717, 1.165) is 39.4 Å². The molecule has 26 heavy (non-hydrogen) atoms. The maximum absolute atomic E-state index is 5.63. The Kier molecular flexibility index (Phi) is 4.16. The molecule has 2 aromatic carbocycles. The number of hydrogen-bond acceptors (Lipinski definition) is 3. The first-order valence-electron chi connectivity index (χ1n) is 8.23. The van der Waals surface area contributed by atoms with Crippen LogP contribution in [0.25, 0.3) is 22.4 Å². The molecule has 1 aromatic heterocycles. The summed E-state index contributed by atoms with van der Waals surface area (Å²) in [6.07, 6.45) is 5.63. The second-order valence-corrected chi connectivity index (χ2v) is 6.35. The summed E-state index contributed by atoms with van der Waals surface area (Å²) in [4.78, 5) is 7.21. The molecule has 0 saturated carbocycles. The Bertz CT molecular complexity index is 1040. The number of thiocarbonyl (C=S) groups is 1. The number of benzene rings is 2. The van der Waals surface area contributed by atoms with Gasteiger partial charge in [-0.25, -0.2) is 0 Å². The van der Waals surface area contributed by atoms with Crippen LogP contribution in [0.1, 0.15) is 11.3 Å². The van der Waals surface area contributed by atoms with E-state index < -0.39 is 0 Å². The highest BCUT2D eigenvalue weighted by Gasteiger charge is 2.29. The van der Waals surface area contributed by atoms with Crippen LogP contribution in [-0.2, 0) is 6.54 Å². The van der Waals surface area contributed by atoms with Gasteiger partial charge in [-0.05, 0) is 17.7 Å². The third kappa shape index (κ3) is 2.63. The highest BCUT2D eigenvalue weighted by Crippen LogP contribution is 2.39. The molecule has 0 atom stereocenters. The van der Waals surface area contributed by atoms with Crippen LogP contribution in [0, 0.1) is 12.5 Å². The smallest absolute Gasteiger partial charge is 0.126 e. The van der Waals surface area contributed by atoms with Crippen LogP contribution >= 0.6 is 12.2 Å². The molecule has 3 aromatic rings. The van der Waals surface area contributed by atoms with Gasteiger partial charge in [0.25, 0.3) is 0 Å². The van der Waals surface area contributed by atoms with Crippen molar-refractivity contribution in [2.24, 2.45) is 0 Å². The number of pyridine rings is 1. The van der Waals surface area contributed by atoms with Crippen molar-refractivity contribution in [2.75, 3.05) is 7.11 Å². The highest BCUT2D eigenvalue weighted by atomic mass is 32.1. The first-order valence-corrected chi connectivity index (χ1v) is 8.64. The van der Waals surface area contributed by atoms with Gasteiger partial charge in [0.1, 0.15) is 10.7 Å². The van der Waals surface area contributed by atoms with Crippen LogP contribution < -0.4 is 4.74 Å². The van der Waals surface area contributed by atoms with E-state index in [1.807, 2.05) is 54.6 Å². The van der Waals surface area contributed by atoms with E-state index in [9.17, 15) is 0 Å². The molecule has 3 nitrogen and oxygen atoms in total. The molecule has 4 rings (SSSR count). The molecule has 1 aliphatic rings. The average Bonchev–Trinajstić information content (AvgIpc) is 3.03. The van der Waals surface area contributed by atoms with Crippen LogP contribution in [0.2, 0.25) is 0 Å². The molecule has 0 unspecified atom stereocenters. The molecular weight excluding hydrogens is 340 g/mol. The number of rotatable bonds is 3. The zero-order valence-corrected chi connectivity index (χ0v) is 15.1. The van der Waals surface area contributed by atoms with Crippen molar-refractivity contribution in [3.8, 4) is 40.6 Å². The fourth-order valence-corrected chi connectivity index (χ4v) is 3.59. The summed E-state index contributed by atoms with van der Waals surface area (Å²) in [7, 11) is 1.67. The van der Waals surface area contributed by atoms with Crippen molar-refractivity contribution in [1.82, 2.24) is 9.88 Å². The normalized spacial score (nSPS) is 12.6. The van der Waals surface area contributed by atoms with Gasteiger partial charge in [0, 0.05) is 22.7 Å². The lowest BCUT2D eigenvalue weighted by Gasteiger charge is -2.14. The number of hydrogen-bond donors (Lipinski definition) is 0. The molecule has 2 heterocycles. The van der Waals surface area contributed by atoms with Gasteiger partial charge < -0.3 is 4.74 Å². The maximum atomic E-state index is 5.63. The first-order chi connectivity index (χ1) is 12.7. The Balaban J connectivity index is 2.00. The first kappa shape index (κ1) is 16.3. The Hall–Kier alpha value is -3.16. The molecule has 4 heteroatoms. The number of ether oxygens (including phenoxy) is 1. The fourth-order valence-electron chi connectivity index (χ4n) is 3.25. The minimum absolute atomic E-state index is 0.521. The summed E-state index contributed by atoms with van der Waals surface area (Å²) < 4.78 is 5.58.